The zero-order chi connectivity index (χ0) is 8.55. The summed E-state index contributed by atoms with van der Waals surface area (Å²) in [5, 5.41) is 9.19. The van der Waals surface area contributed by atoms with Crippen LogP contribution in [0.5, 0.6) is 0 Å². The van der Waals surface area contributed by atoms with E-state index in [1.54, 1.807) is 0 Å². The SMILES string of the molecule is BrCc1ccc2n[nH]c(I)c2c1. The van der Waals surface area contributed by atoms with Crippen molar-refractivity contribution in [2.45, 2.75) is 5.33 Å². The van der Waals surface area contributed by atoms with Gasteiger partial charge in [-0.25, -0.2) is 0 Å². The van der Waals surface area contributed by atoms with E-state index in [4.69, 9.17) is 0 Å². The smallest absolute Gasteiger partial charge is 0.104 e. The molecule has 0 fully saturated rings. The predicted molar refractivity (Wildman–Crippen MR) is 61.4 cm³/mol. The Morgan fingerprint density at radius 3 is 3.08 bits per heavy atom. The summed E-state index contributed by atoms with van der Waals surface area (Å²) in [4.78, 5) is 0. The maximum absolute atomic E-state index is 4.15. The minimum Gasteiger partial charge on any atom is -0.271 e. The number of aromatic amines is 1. The van der Waals surface area contributed by atoms with Crippen LogP contribution in [-0.2, 0) is 5.33 Å². The van der Waals surface area contributed by atoms with Gasteiger partial charge >= 0.3 is 0 Å². The van der Waals surface area contributed by atoms with Gasteiger partial charge in [-0.05, 0) is 40.3 Å². The normalized spacial score (nSPS) is 10.8. The molecule has 2 aromatic rings. The second kappa shape index (κ2) is 3.33. The van der Waals surface area contributed by atoms with E-state index in [1.807, 2.05) is 6.07 Å². The molecule has 0 spiro atoms. The highest BCUT2D eigenvalue weighted by atomic mass is 127. The first kappa shape index (κ1) is 8.50. The number of rotatable bonds is 1. The van der Waals surface area contributed by atoms with Gasteiger partial charge in [-0.3, -0.25) is 5.10 Å². The molecule has 0 aliphatic carbocycles. The van der Waals surface area contributed by atoms with Gasteiger partial charge in [-0.2, -0.15) is 5.10 Å². The number of alkyl halides is 1. The zero-order valence-corrected chi connectivity index (χ0v) is 9.89. The summed E-state index contributed by atoms with van der Waals surface area (Å²) >= 11 is 5.68. The summed E-state index contributed by atoms with van der Waals surface area (Å²) in [6.07, 6.45) is 0. The van der Waals surface area contributed by atoms with Crippen LogP contribution in [0.2, 0.25) is 0 Å². The molecule has 0 atom stereocenters. The Bertz CT molecular complexity index is 410. The highest BCUT2D eigenvalue weighted by Gasteiger charge is 2.01. The van der Waals surface area contributed by atoms with Crippen LogP contribution in [-0.4, -0.2) is 10.2 Å². The Morgan fingerprint density at radius 2 is 2.33 bits per heavy atom. The van der Waals surface area contributed by atoms with Crippen LogP contribution in [0.4, 0.5) is 0 Å². The first-order valence-electron chi connectivity index (χ1n) is 3.50. The third-order valence-corrected chi connectivity index (χ3v) is 3.20. The molecule has 2 nitrogen and oxygen atoms in total. The molecule has 0 unspecified atom stereocenters. The monoisotopic (exact) mass is 336 g/mol. The number of nitrogens with one attached hydrogen (secondary N) is 1. The maximum Gasteiger partial charge on any atom is 0.104 e. The number of hydrogen-bond donors (Lipinski definition) is 1. The fraction of sp³-hybridized carbons (Fsp3) is 0.125. The van der Waals surface area contributed by atoms with E-state index in [2.05, 4.69) is 60.9 Å². The van der Waals surface area contributed by atoms with Crippen molar-refractivity contribution in [1.29, 1.82) is 0 Å². The fourth-order valence-electron chi connectivity index (χ4n) is 1.11. The van der Waals surface area contributed by atoms with Gasteiger partial charge < -0.3 is 0 Å². The maximum atomic E-state index is 4.15. The average molecular weight is 337 g/mol. The van der Waals surface area contributed by atoms with Crippen LogP contribution in [0.15, 0.2) is 18.2 Å². The van der Waals surface area contributed by atoms with Crippen molar-refractivity contribution >= 4 is 49.4 Å². The van der Waals surface area contributed by atoms with Crippen LogP contribution in [0.3, 0.4) is 0 Å². The molecule has 0 amide bonds. The Labute approximate surface area is 92.0 Å². The molecular formula is C8H6BrIN2. The molecule has 12 heavy (non-hydrogen) atoms. The van der Waals surface area contributed by atoms with E-state index in [0.29, 0.717) is 0 Å². The average Bonchev–Trinajstić information content (AvgIpc) is 2.47. The number of fused-ring (bicyclic) bond motifs is 1. The minimum absolute atomic E-state index is 0.893. The fourth-order valence-corrected chi connectivity index (χ4v) is 2.01. The molecule has 1 N–H and O–H groups in total. The first-order valence-corrected chi connectivity index (χ1v) is 5.70. The summed E-state index contributed by atoms with van der Waals surface area (Å²) in [6, 6.07) is 6.26. The lowest BCUT2D eigenvalue weighted by Gasteiger charge is -1.93. The summed E-state index contributed by atoms with van der Waals surface area (Å²) < 4.78 is 1.10. The van der Waals surface area contributed by atoms with Gasteiger partial charge in [0.05, 0.1) is 5.52 Å². The Kier molecular flexibility index (Phi) is 2.36. The van der Waals surface area contributed by atoms with E-state index >= 15 is 0 Å². The molecule has 0 aliphatic rings. The van der Waals surface area contributed by atoms with Crippen LogP contribution in [0.25, 0.3) is 10.9 Å². The van der Waals surface area contributed by atoms with Crippen LogP contribution >= 0.6 is 38.5 Å². The Balaban J connectivity index is 2.71. The first-order chi connectivity index (χ1) is 5.81. The van der Waals surface area contributed by atoms with Crippen molar-refractivity contribution in [2.24, 2.45) is 0 Å². The van der Waals surface area contributed by atoms with Gasteiger partial charge in [0.15, 0.2) is 0 Å². The van der Waals surface area contributed by atoms with Gasteiger partial charge in [0.1, 0.15) is 3.70 Å². The van der Waals surface area contributed by atoms with Crippen molar-refractivity contribution in [2.75, 3.05) is 0 Å². The number of benzene rings is 1. The number of H-pyrrole nitrogens is 1. The summed E-state index contributed by atoms with van der Waals surface area (Å²) in [5.41, 5.74) is 2.31. The number of halogens is 2. The molecule has 2 rings (SSSR count). The molecule has 1 aromatic carbocycles. The van der Waals surface area contributed by atoms with Crippen molar-refractivity contribution in [1.82, 2.24) is 10.2 Å². The van der Waals surface area contributed by atoms with Gasteiger partial charge in [0.25, 0.3) is 0 Å². The molecule has 4 heteroatoms. The third-order valence-electron chi connectivity index (χ3n) is 1.73. The predicted octanol–water partition coefficient (Wildman–Crippen LogP) is 3.06. The van der Waals surface area contributed by atoms with Crippen molar-refractivity contribution in [3.8, 4) is 0 Å². The topological polar surface area (TPSA) is 28.7 Å². The van der Waals surface area contributed by atoms with E-state index in [0.717, 1.165) is 14.5 Å². The van der Waals surface area contributed by atoms with Crippen molar-refractivity contribution < 1.29 is 0 Å². The highest BCUT2D eigenvalue weighted by molar-refractivity contribution is 14.1. The molecule has 0 bridgehead atoms. The second-order valence-corrected chi connectivity index (χ2v) is 4.16. The van der Waals surface area contributed by atoms with Gasteiger partial charge in [-0.1, -0.05) is 22.0 Å². The number of aromatic nitrogens is 2. The summed E-state index contributed by atoms with van der Waals surface area (Å²) in [6.45, 7) is 0. The summed E-state index contributed by atoms with van der Waals surface area (Å²) in [7, 11) is 0. The summed E-state index contributed by atoms with van der Waals surface area (Å²) in [5.74, 6) is 0. The van der Waals surface area contributed by atoms with Crippen LogP contribution in [0.1, 0.15) is 5.56 Å². The lowest BCUT2D eigenvalue weighted by Crippen LogP contribution is -1.76. The molecule has 0 saturated heterocycles. The molecular weight excluding hydrogens is 331 g/mol. The molecule has 0 aliphatic heterocycles. The Hall–Kier alpha value is -0.100. The number of hydrogen-bond acceptors (Lipinski definition) is 1. The number of nitrogens with zero attached hydrogens (tertiary/aromatic N) is 1. The molecule has 1 aromatic heterocycles. The van der Waals surface area contributed by atoms with Crippen LogP contribution < -0.4 is 0 Å². The molecule has 62 valence electrons. The van der Waals surface area contributed by atoms with Gasteiger partial charge in [0.2, 0.25) is 0 Å². The van der Waals surface area contributed by atoms with E-state index < -0.39 is 0 Å². The second-order valence-electron chi connectivity index (χ2n) is 2.52. The van der Waals surface area contributed by atoms with Crippen LogP contribution in [0, 0.1) is 3.70 Å². The van der Waals surface area contributed by atoms with Gasteiger partial charge in [0, 0.05) is 10.7 Å². The van der Waals surface area contributed by atoms with Crippen molar-refractivity contribution in [3.05, 3.63) is 27.5 Å². The third kappa shape index (κ3) is 1.37. The standard InChI is InChI=1S/C8H6BrIN2/c9-4-5-1-2-7-6(3-5)8(10)12-11-7/h1-3H,4H2,(H,11,12). The largest absolute Gasteiger partial charge is 0.271 e. The lowest BCUT2D eigenvalue weighted by atomic mass is 10.2. The zero-order valence-electron chi connectivity index (χ0n) is 6.14. The quantitative estimate of drug-likeness (QED) is 0.629. The van der Waals surface area contributed by atoms with E-state index in [9.17, 15) is 0 Å². The lowest BCUT2D eigenvalue weighted by molar-refractivity contribution is 1.09. The molecule has 0 radical (unpaired) electrons. The molecule has 0 saturated carbocycles. The van der Waals surface area contributed by atoms with Crippen molar-refractivity contribution in [3.63, 3.8) is 0 Å². The van der Waals surface area contributed by atoms with Gasteiger partial charge in [-0.15, -0.1) is 0 Å². The Morgan fingerprint density at radius 1 is 1.50 bits per heavy atom. The van der Waals surface area contributed by atoms with E-state index in [-0.39, 0.29) is 0 Å². The molecule has 1 heterocycles. The van der Waals surface area contributed by atoms with E-state index in [1.165, 1.54) is 10.9 Å². The minimum atomic E-state index is 0.893. The highest BCUT2D eigenvalue weighted by Crippen LogP contribution is 2.19.